The maximum absolute atomic E-state index is 12.1. The molecular formula is C20H19N4O2. The molecule has 2 amide bonds. The molecule has 2 aromatic carbocycles. The number of primary amides is 1. The highest BCUT2D eigenvalue weighted by molar-refractivity contribution is 5.97. The van der Waals surface area contributed by atoms with Crippen LogP contribution in [0.4, 0.5) is 5.82 Å². The number of amides is 2. The van der Waals surface area contributed by atoms with Crippen molar-refractivity contribution in [3.05, 3.63) is 77.8 Å². The number of nitrogens with zero attached hydrogens (tertiary/aromatic N) is 1. The van der Waals surface area contributed by atoms with Gasteiger partial charge in [0.1, 0.15) is 5.82 Å². The number of carbonyl (C=O) groups excluding carboxylic acids is 2. The number of anilines is 1. The predicted molar refractivity (Wildman–Crippen MR) is 101 cm³/mol. The standard InChI is InChI=1S/C20H19N4O2/c21-19-17(20(22)26)10-13(12-24-19)11-23-18(25)9-8-15-6-3-5-14-4-1-2-7-16(14)15/h1-7,9-10,12H,8,11H2,(H2,21,24)(H2,22,26)(H,23,25). The number of benzene rings is 2. The summed E-state index contributed by atoms with van der Waals surface area (Å²) in [6, 6.07) is 15.6. The summed E-state index contributed by atoms with van der Waals surface area (Å²) in [4.78, 5) is 27.3. The van der Waals surface area contributed by atoms with E-state index in [4.69, 9.17) is 11.5 Å². The fourth-order valence-corrected chi connectivity index (χ4v) is 2.75. The van der Waals surface area contributed by atoms with Gasteiger partial charge in [-0.05, 0) is 34.4 Å². The highest BCUT2D eigenvalue weighted by Gasteiger charge is 2.10. The number of aromatic nitrogens is 1. The highest BCUT2D eigenvalue weighted by Crippen LogP contribution is 2.19. The lowest BCUT2D eigenvalue weighted by atomic mass is 10.0. The molecule has 131 valence electrons. The number of fused-ring (bicyclic) bond motifs is 1. The maximum Gasteiger partial charge on any atom is 0.252 e. The smallest absolute Gasteiger partial charge is 0.252 e. The first kappa shape index (κ1) is 17.4. The Bertz CT molecular complexity index is 964. The van der Waals surface area contributed by atoms with Crippen molar-refractivity contribution in [1.82, 2.24) is 10.3 Å². The molecule has 1 heterocycles. The van der Waals surface area contributed by atoms with Gasteiger partial charge in [-0.25, -0.2) is 4.98 Å². The summed E-state index contributed by atoms with van der Waals surface area (Å²) >= 11 is 0. The molecule has 3 rings (SSSR count). The van der Waals surface area contributed by atoms with Gasteiger partial charge in [0, 0.05) is 12.7 Å². The van der Waals surface area contributed by atoms with Gasteiger partial charge in [-0.3, -0.25) is 9.59 Å². The third-order valence-corrected chi connectivity index (χ3v) is 4.09. The number of nitrogens with one attached hydrogen (secondary N) is 1. The molecule has 1 radical (unpaired) electrons. The SMILES string of the molecule is NC(=O)c1cc(CNC(=O)[CH]Cc2cccc3ccccc23)cnc1N. The Hall–Kier alpha value is -3.41. The van der Waals surface area contributed by atoms with Gasteiger partial charge in [0.25, 0.3) is 5.91 Å². The molecule has 0 bridgehead atoms. The molecule has 0 aliphatic carbocycles. The van der Waals surface area contributed by atoms with Gasteiger partial charge in [-0.2, -0.15) is 0 Å². The average Bonchev–Trinajstić information content (AvgIpc) is 2.65. The molecule has 26 heavy (non-hydrogen) atoms. The van der Waals surface area contributed by atoms with E-state index in [1.54, 1.807) is 6.42 Å². The van der Waals surface area contributed by atoms with Crippen LogP contribution in [0.3, 0.4) is 0 Å². The van der Waals surface area contributed by atoms with Gasteiger partial charge in [-0.15, -0.1) is 0 Å². The normalized spacial score (nSPS) is 10.6. The van der Waals surface area contributed by atoms with Crippen molar-refractivity contribution < 1.29 is 9.59 Å². The van der Waals surface area contributed by atoms with Gasteiger partial charge >= 0.3 is 0 Å². The van der Waals surface area contributed by atoms with Crippen LogP contribution in [0.2, 0.25) is 0 Å². The van der Waals surface area contributed by atoms with Crippen LogP contribution in [-0.4, -0.2) is 16.8 Å². The second-order valence-corrected chi connectivity index (χ2v) is 5.90. The van der Waals surface area contributed by atoms with Crippen molar-refractivity contribution in [2.75, 3.05) is 5.73 Å². The van der Waals surface area contributed by atoms with E-state index >= 15 is 0 Å². The van der Waals surface area contributed by atoms with Gasteiger partial charge in [0.2, 0.25) is 5.91 Å². The maximum atomic E-state index is 12.1. The molecule has 0 spiro atoms. The minimum absolute atomic E-state index is 0.0788. The molecular weight excluding hydrogens is 328 g/mol. The minimum atomic E-state index is -0.648. The molecule has 0 aliphatic rings. The first-order valence-electron chi connectivity index (χ1n) is 8.16. The van der Waals surface area contributed by atoms with Crippen LogP contribution in [0.1, 0.15) is 21.5 Å². The zero-order valence-electron chi connectivity index (χ0n) is 14.1. The number of pyridine rings is 1. The zero-order chi connectivity index (χ0) is 18.5. The lowest BCUT2D eigenvalue weighted by Crippen LogP contribution is -2.24. The molecule has 0 unspecified atom stereocenters. The predicted octanol–water partition coefficient (Wildman–Crippen LogP) is 1.98. The van der Waals surface area contributed by atoms with Gasteiger partial charge in [0.05, 0.1) is 12.0 Å². The van der Waals surface area contributed by atoms with E-state index in [2.05, 4.69) is 10.3 Å². The summed E-state index contributed by atoms with van der Waals surface area (Å²) in [7, 11) is 0. The van der Waals surface area contributed by atoms with Crippen LogP contribution in [-0.2, 0) is 17.8 Å². The largest absolute Gasteiger partial charge is 0.383 e. The number of rotatable bonds is 6. The summed E-state index contributed by atoms with van der Waals surface area (Å²) in [6.07, 6.45) is 3.63. The van der Waals surface area contributed by atoms with Crippen molar-refractivity contribution in [1.29, 1.82) is 0 Å². The van der Waals surface area contributed by atoms with Crippen LogP contribution < -0.4 is 16.8 Å². The third-order valence-electron chi connectivity index (χ3n) is 4.09. The molecule has 3 aromatic rings. The molecule has 0 atom stereocenters. The van der Waals surface area contributed by atoms with E-state index < -0.39 is 5.91 Å². The molecule has 6 heteroatoms. The summed E-state index contributed by atoms with van der Waals surface area (Å²) in [6.45, 7) is 0.235. The Morgan fingerprint density at radius 1 is 1.12 bits per heavy atom. The number of hydrogen-bond acceptors (Lipinski definition) is 4. The van der Waals surface area contributed by atoms with Crippen LogP contribution in [0.5, 0.6) is 0 Å². The van der Waals surface area contributed by atoms with Crippen molar-refractivity contribution in [3.8, 4) is 0 Å². The topological polar surface area (TPSA) is 111 Å². The van der Waals surface area contributed by atoms with Crippen LogP contribution in [0.25, 0.3) is 10.8 Å². The van der Waals surface area contributed by atoms with Crippen LogP contribution in [0, 0.1) is 6.42 Å². The lowest BCUT2D eigenvalue weighted by Gasteiger charge is -2.08. The third kappa shape index (κ3) is 3.97. The van der Waals surface area contributed by atoms with Crippen molar-refractivity contribution in [2.45, 2.75) is 13.0 Å². The molecule has 0 fully saturated rings. The fourth-order valence-electron chi connectivity index (χ4n) is 2.75. The van der Waals surface area contributed by atoms with E-state index in [-0.39, 0.29) is 23.8 Å². The molecule has 0 saturated heterocycles. The second-order valence-electron chi connectivity index (χ2n) is 5.90. The summed E-state index contributed by atoms with van der Waals surface area (Å²) in [5.41, 5.74) is 12.7. The van der Waals surface area contributed by atoms with Gasteiger partial charge in [0.15, 0.2) is 0 Å². The molecule has 0 aliphatic heterocycles. The van der Waals surface area contributed by atoms with Crippen molar-refractivity contribution in [2.24, 2.45) is 5.73 Å². The monoisotopic (exact) mass is 347 g/mol. The second kappa shape index (κ2) is 7.65. The average molecular weight is 347 g/mol. The molecule has 1 aromatic heterocycles. The quantitative estimate of drug-likeness (QED) is 0.633. The summed E-state index contributed by atoms with van der Waals surface area (Å²) < 4.78 is 0. The van der Waals surface area contributed by atoms with Crippen molar-refractivity contribution in [3.63, 3.8) is 0 Å². The summed E-state index contributed by atoms with van der Waals surface area (Å²) in [5, 5.41) is 5.05. The van der Waals surface area contributed by atoms with Gasteiger partial charge < -0.3 is 16.8 Å². The van der Waals surface area contributed by atoms with E-state index in [0.29, 0.717) is 12.0 Å². The lowest BCUT2D eigenvalue weighted by molar-refractivity contribution is -0.118. The van der Waals surface area contributed by atoms with E-state index in [0.717, 1.165) is 16.3 Å². The Balaban J connectivity index is 1.59. The minimum Gasteiger partial charge on any atom is -0.383 e. The number of carbonyl (C=O) groups is 2. The molecule has 5 N–H and O–H groups in total. The van der Waals surface area contributed by atoms with E-state index in [9.17, 15) is 9.59 Å². The van der Waals surface area contributed by atoms with E-state index in [1.165, 1.54) is 12.3 Å². The van der Waals surface area contributed by atoms with Crippen molar-refractivity contribution >= 4 is 28.4 Å². The number of nitrogens with two attached hydrogens (primary N) is 2. The van der Waals surface area contributed by atoms with Crippen LogP contribution >= 0.6 is 0 Å². The summed E-state index contributed by atoms with van der Waals surface area (Å²) in [5.74, 6) is -0.767. The Labute approximate surface area is 151 Å². The number of hydrogen-bond donors (Lipinski definition) is 3. The Morgan fingerprint density at radius 3 is 2.69 bits per heavy atom. The zero-order valence-corrected chi connectivity index (χ0v) is 14.1. The molecule has 6 nitrogen and oxygen atoms in total. The Morgan fingerprint density at radius 2 is 1.88 bits per heavy atom. The Kier molecular flexibility index (Phi) is 5.12. The molecule has 0 saturated carbocycles. The first-order valence-corrected chi connectivity index (χ1v) is 8.16. The first-order chi connectivity index (χ1) is 12.5. The van der Waals surface area contributed by atoms with Crippen LogP contribution in [0.15, 0.2) is 54.7 Å². The number of nitrogen functional groups attached to an aromatic ring is 1. The van der Waals surface area contributed by atoms with E-state index in [1.807, 2.05) is 42.5 Å². The highest BCUT2D eigenvalue weighted by atomic mass is 16.1. The van der Waals surface area contributed by atoms with Gasteiger partial charge in [-0.1, -0.05) is 42.5 Å². The fraction of sp³-hybridized carbons (Fsp3) is 0.100.